The van der Waals surface area contributed by atoms with E-state index in [1.807, 2.05) is 83.1 Å². The van der Waals surface area contributed by atoms with Crippen LogP contribution in [0.5, 0.6) is 0 Å². The van der Waals surface area contributed by atoms with Gasteiger partial charge in [-0.2, -0.15) is 0 Å². The molecule has 0 unspecified atom stereocenters. The van der Waals surface area contributed by atoms with Crippen molar-refractivity contribution in [3.8, 4) is 0 Å². The third-order valence-corrected chi connectivity index (χ3v) is 11.2. The molecule has 51 heavy (non-hydrogen) atoms. The minimum Gasteiger partial charge on any atom is -0.455 e. The maximum Gasteiger partial charge on any atom is 0.313 e. The first kappa shape index (κ1) is 38.0. The van der Waals surface area contributed by atoms with Gasteiger partial charge in [0.25, 0.3) is 5.91 Å². The number of carbonyl (C=O) groups excluding carboxylic acids is 4. The number of aliphatic hydroxyl groups excluding tert-OH is 1. The largest absolute Gasteiger partial charge is 0.455 e. The molecule has 0 radical (unpaired) electrons. The SMILES string of the molecule is C=CCCC(=O)N(C)[C@@H](C)[C@@H](OC(=O)[C@@H]1[C@@H]2CC[C@]3(O2)[C@H](C(=O)N(CC=C)c2c(C)cccc2C)N([C@@H](CO)C(C)C)C(=O)[C@@H]13)c1ccccc1. The number of hydrogen-bond acceptors (Lipinski definition) is 7. The quantitative estimate of drug-likeness (QED) is 0.198. The molecule has 0 saturated carbocycles. The second-order valence-corrected chi connectivity index (χ2v) is 14.6. The summed E-state index contributed by atoms with van der Waals surface area (Å²) < 4.78 is 13.1. The number of anilines is 1. The fourth-order valence-electron chi connectivity index (χ4n) is 8.54. The lowest BCUT2D eigenvalue weighted by atomic mass is 9.70. The summed E-state index contributed by atoms with van der Waals surface area (Å²) in [4.78, 5) is 62.2. The van der Waals surface area contributed by atoms with Gasteiger partial charge in [0.05, 0.1) is 36.6 Å². The van der Waals surface area contributed by atoms with Gasteiger partial charge in [-0.05, 0) is 62.6 Å². The van der Waals surface area contributed by atoms with Crippen molar-refractivity contribution in [2.24, 2.45) is 17.8 Å². The van der Waals surface area contributed by atoms with Crippen molar-refractivity contribution >= 4 is 29.4 Å². The monoisotopic (exact) mass is 699 g/mol. The molecular weight excluding hydrogens is 646 g/mol. The van der Waals surface area contributed by atoms with Gasteiger partial charge in [-0.1, -0.05) is 74.5 Å². The van der Waals surface area contributed by atoms with E-state index in [2.05, 4.69) is 13.2 Å². The van der Waals surface area contributed by atoms with E-state index in [1.54, 1.807) is 29.0 Å². The Labute approximate surface area is 302 Å². The molecule has 2 aromatic rings. The van der Waals surface area contributed by atoms with Crippen molar-refractivity contribution in [1.82, 2.24) is 9.80 Å². The minimum absolute atomic E-state index is 0.110. The summed E-state index contributed by atoms with van der Waals surface area (Å²) >= 11 is 0. The van der Waals surface area contributed by atoms with Crippen molar-refractivity contribution in [2.75, 3.05) is 25.1 Å². The number of fused-ring (bicyclic) bond motifs is 1. The number of carbonyl (C=O) groups is 4. The van der Waals surface area contributed by atoms with Gasteiger partial charge in [-0.25, -0.2) is 0 Å². The Morgan fingerprint density at radius 1 is 1.06 bits per heavy atom. The van der Waals surface area contributed by atoms with Crippen molar-refractivity contribution < 1.29 is 33.8 Å². The van der Waals surface area contributed by atoms with E-state index in [9.17, 15) is 19.5 Å². The highest BCUT2D eigenvalue weighted by atomic mass is 16.6. The lowest BCUT2D eigenvalue weighted by Crippen LogP contribution is -2.60. The second kappa shape index (κ2) is 15.5. The Kier molecular flexibility index (Phi) is 11.6. The van der Waals surface area contributed by atoms with Crippen molar-refractivity contribution in [1.29, 1.82) is 0 Å². The zero-order chi connectivity index (χ0) is 37.2. The molecule has 3 heterocycles. The normalized spacial score (nSPS) is 25.3. The molecule has 0 aromatic heterocycles. The van der Waals surface area contributed by atoms with E-state index in [4.69, 9.17) is 9.47 Å². The molecule has 3 fully saturated rings. The Bertz CT molecular complexity index is 1620. The molecule has 274 valence electrons. The third kappa shape index (κ3) is 6.76. The Hall–Kier alpha value is -4.28. The van der Waals surface area contributed by atoms with E-state index >= 15 is 4.79 Å². The van der Waals surface area contributed by atoms with Gasteiger partial charge in [0, 0.05) is 25.7 Å². The van der Waals surface area contributed by atoms with Crippen LogP contribution in [0.25, 0.3) is 0 Å². The number of nitrogens with zero attached hydrogens (tertiary/aromatic N) is 3. The maximum atomic E-state index is 15.1. The fourth-order valence-corrected chi connectivity index (χ4v) is 8.54. The summed E-state index contributed by atoms with van der Waals surface area (Å²) in [6.45, 7) is 17.0. The third-order valence-electron chi connectivity index (χ3n) is 11.2. The topological polar surface area (TPSA) is 117 Å². The number of ether oxygens (including phenoxy) is 2. The second-order valence-electron chi connectivity index (χ2n) is 14.6. The summed E-state index contributed by atoms with van der Waals surface area (Å²) in [5.41, 5.74) is 1.93. The van der Waals surface area contributed by atoms with Crippen LogP contribution in [0.4, 0.5) is 5.69 Å². The Morgan fingerprint density at radius 3 is 2.31 bits per heavy atom. The first-order chi connectivity index (χ1) is 24.3. The lowest BCUT2D eigenvalue weighted by molar-refractivity contribution is -0.165. The number of aryl methyl sites for hydroxylation is 2. The van der Waals surface area contributed by atoms with Gasteiger partial charge < -0.3 is 29.3 Å². The van der Waals surface area contributed by atoms with Crippen molar-refractivity contribution in [3.63, 3.8) is 0 Å². The highest BCUT2D eigenvalue weighted by molar-refractivity contribution is 6.05. The van der Waals surface area contributed by atoms with Crippen LogP contribution < -0.4 is 4.90 Å². The van der Waals surface area contributed by atoms with Crippen LogP contribution in [0.15, 0.2) is 73.8 Å². The standard InChI is InChI=1S/C41H53N3O7/c1-9-11-20-32(46)42(8)28(7)36(29-18-13-12-14-19-29)50-40(49)33-31-21-22-41(51-31)34(33)38(47)44(30(24-45)25(3)4)37(41)39(48)43(23-10-2)35-26(5)16-15-17-27(35)6/h9-10,12-19,25,28,30-31,33-34,36-37,45H,1-2,11,20-24H2,3-8H3/t28-,30-,31-,33+,34+,36+,37-,41+/m0/s1. The number of aliphatic hydroxyl groups is 1. The molecule has 3 aliphatic heterocycles. The van der Waals surface area contributed by atoms with Crippen LogP contribution in [0.2, 0.25) is 0 Å². The molecule has 5 rings (SSSR count). The first-order valence-corrected chi connectivity index (χ1v) is 18.1. The van der Waals surface area contributed by atoms with Crippen LogP contribution in [-0.2, 0) is 28.7 Å². The number of likely N-dealkylation sites (tertiary alicyclic amines) is 1. The molecular formula is C41H53N3O7. The van der Waals surface area contributed by atoms with Crippen molar-refractivity contribution in [2.45, 2.75) is 96.2 Å². The van der Waals surface area contributed by atoms with Gasteiger partial charge in [0.15, 0.2) is 0 Å². The zero-order valence-corrected chi connectivity index (χ0v) is 30.8. The molecule has 10 heteroatoms. The smallest absolute Gasteiger partial charge is 0.313 e. The number of allylic oxidation sites excluding steroid dienone is 1. The summed E-state index contributed by atoms with van der Waals surface area (Å²) in [7, 11) is 1.69. The lowest BCUT2D eigenvalue weighted by Gasteiger charge is -2.41. The van der Waals surface area contributed by atoms with Crippen molar-refractivity contribution in [3.05, 3.63) is 90.5 Å². The number of esters is 1. The van der Waals surface area contributed by atoms with Gasteiger partial charge >= 0.3 is 5.97 Å². The number of hydrogen-bond donors (Lipinski definition) is 1. The molecule has 3 amide bonds. The van der Waals surface area contributed by atoms with Crippen LogP contribution >= 0.6 is 0 Å². The highest BCUT2D eigenvalue weighted by Crippen LogP contribution is 2.60. The van der Waals surface area contributed by atoms with Gasteiger partial charge in [-0.15, -0.1) is 13.2 Å². The van der Waals surface area contributed by atoms with Crippen LogP contribution in [-0.4, -0.2) is 88.6 Å². The number of amides is 3. The summed E-state index contributed by atoms with van der Waals surface area (Å²) in [5, 5.41) is 10.7. The van der Waals surface area contributed by atoms with Gasteiger partial charge in [0.2, 0.25) is 11.8 Å². The molecule has 0 aliphatic carbocycles. The average molecular weight is 700 g/mol. The van der Waals surface area contributed by atoms with Gasteiger partial charge in [-0.3, -0.25) is 19.2 Å². The van der Waals surface area contributed by atoms with E-state index in [1.165, 1.54) is 4.90 Å². The highest BCUT2D eigenvalue weighted by Gasteiger charge is 2.76. The van der Waals surface area contributed by atoms with E-state index in [0.29, 0.717) is 24.8 Å². The fraction of sp³-hybridized carbons (Fsp3) is 0.512. The van der Waals surface area contributed by atoms with Gasteiger partial charge in [0.1, 0.15) is 17.7 Å². The number of likely N-dealkylation sites (N-methyl/N-ethyl adjacent to an activating group) is 1. The molecule has 3 aliphatic rings. The number of rotatable bonds is 15. The van der Waals surface area contributed by atoms with Crippen LogP contribution in [0.3, 0.4) is 0 Å². The molecule has 1 N–H and O–H groups in total. The molecule has 1 spiro atoms. The zero-order valence-electron chi connectivity index (χ0n) is 30.8. The maximum absolute atomic E-state index is 15.1. The number of para-hydroxylation sites is 1. The van der Waals surface area contributed by atoms with E-state index < -0.39 is 59.6 Å². The molecule has 2 aromatic carbocycles. The predicted octanol–water partition coefficient (Wildman–Crippen LogP) is 5.31. The molecule has 3 saturated heterocycles. The predicted molar refractivity (Wildman–Crippen MR) is 196 cm³/mol. The summed E-state index contributed by atoms with van der Waals surface area (Å²) in [6.07, 6.45) is 3.53. The van der Waals surface area contributed by atoms with E-state index in [-0.39, 0.29) is 37.3 Å². The molecule has 2 bridgehead atoms. The number of benzene rings is 2. The minimum atomic E-state index is -1.30. The Balaban J connectivity index is 1.55. The van der Waals surface area contributed by atoms with Crippen LogP contribution in [0, 0.1) is 31.6 Å². The molecule has 8 atom stereocenters. The Morgan fingerprint density at radius 2 is 1.73 bits per heavy atom. The summed E-state index contributed by atoms with van der Waals surface area (Å²) in [5.74, 6) is -3.63. The van der Waals surface area contributed by atoms with Crippen LogP contribution in [0.1, 0.15) is 69.2 Å². The average Bonchev–Trinajstić information content (AvgIpc) is 3.76. The van der Waals surface area contributed by atoms with E-state index in [0.717, 1.165) is 16.8 Å². The summed E-state index contributed by atoms with van der Waals surface area (Å²) in [6, 6.07) is 12.8. The first-order valence-electron chi connectivity index (χ1n) is 18.1. The molecule has 10 nitrogen and oxygen atoms in total.